The second kappa shape index (κ2) is 8.79. The summed E-state index contributed by atoms with van der Waals surface area (Å²) in [6, 6.07) is 13.5. The van der Waals surface area contributed by atoms with Gasteiger partial charge in [-0.05, 0) is 55.7 Å². The Morgan fingerprint density at radius 2 is 1.78 bits per heavy atom. The van der Waals surface area contributed by atoms with Crippen LogP contribution in [0.25, 0.3) is 11.1 Å². The number of fused-ring (bicyclic) bond motifs is 1. The molecule has 3 N–H and O–H groups in total. The highest BCUT2D eigenvalue weighted by Crippen LogP contribution is 2.35. The number of ether oxygens (including phenoxy) is 1. The van der Waals surface area contributed by atoms with E-state index in [0.29, 0.717) is 25.1 Å². The molecule has 2 heterocycles. The van der Waals surface area contributed by atoms with Crippen LogP contribution in [-0.4, -0.2) is 43.4 Å². The van der Waals surface area contributed by atoms with Gasteiger partial charge in [0.05, 0.1) is 10.4 Å². The van der Waals surface area contributed by atoms with E-state index in [2.05, 4.69) is 5.32 Å². The van der Waals surface area contributed by atoms with E-state index in [1.165, 1.54) is 12.1 Å². The van der Waals surface area contributed by atoms with Gasteiger partial charge in [-0.25, -0.2) is 13.2 Å². The van der Waals surface area contributed by atoms with Crippen LogP contribution in [0.2, 0.25) is 0 Å². The number of nitrogens with two attached hydrogens (primary N) is 1. The summed E-state index contributed by atoms with van der Waals surface area (Å²) >= 11 is 0. The normalized spacial score (nSPS) is 16.1. The second-order valence-electron chi connectivity index (χ2n) is 7.77. The number of carbonyl (C=O) groups is 1. The molecule has 0 saturated carbocycles. The lowest BCUT2D eigenvalue weighted by molar-refractivity contribution is -0.122. The number of primary amides is 1. The van der Waals surface area contributed by atoms with E-state index in [1.54, 1.807) is 22.8 Å². The van der Waals surface area contributed by atoms with Gasteiger partial charge in [-0.2, -0.15) is 0 Å². The molecule has 1 aliphatic heterocycles. The van der Waals surface area contributed by atoms with Gasteiger partial charge in [-0.1, -0.05) is 12.1 Å². The van der Waals surface area contributed by atoms with Crippen LogP contribution in [0.3, 0.4) is 0 Å². The van der Waals surface area contributed by atoms with E-state index in [1.807, 2.05) is 18.2 Å². The first-order valence-corrected chi connectivity index (χ1v) is 11.9. The van der Waals surface area contributed by atoms with Crippen LogP contribution in [0.15, 0.2) is 62.6 Å². The van der Waals surface area contributed by atoms with Gasteiger partial charge in [0.2, 0.25) is 5.91 Å². The van der Waals surface area contributed by atoms with Crippen LogP contribution in [0.5, 0.6) is 0 Å². The minimum absolute atomic E-state index is 0.0483. The number of benzene rings is 2. The molecule has 1 aromatic heterocycles. The van der Waals surface area contributed by atoms with Crippen molar-refractivity contribution in [2.24, 2.45) is 5.73 Å². The first kappa shape index (κ1) is 22.1. The molecule has 0 aliphatic carbocycles. The van der Waals surface area contributed by atoms with E-state index in [-0.39, 0.29) is 31.0 Å². The van der Waals surface area contributed by atoms with E-state index >= 15 is 0 Å². The molecule has 2 aromatic carbocycles. The molecule has 1 fully saturated rings. The average Bonchev–Trinajstić information content (AvgIpc) is 3.12. The van der Waals surface area contributed by atoms with Crippen molar-refractivity contribution in [3.63, 3.8) is 0 Å². The summed E-state index contributed by atoms with van der Waals surface area (Å²) in [5.41, 5.74) is 7.54. The molecule has 1 amide bonds. The van der Waals surface area contributed by atoms with Crippen molar-refractivity contribution in [2.45, 2.75) is 35.4 Å². The van der Waals surface area contributed by atoms with Gasteiger partial charge >= 0.3 is 5.76 Å². The molecular formula is C22H25N3O6S. The number of amides is 1. The number of oxazole rings is 1. The predicted octanol–water partition coefficient (Wildman–Crippen LogP) is 1.90. The lowest BCUT2D eigenvalue weighted by Crippen LogP contribution is -2.53. The number of carbonyl (C=O) groups excluding carboxylic acids is 1. The maximum absolute atomic E-state index is 13.2. The third-order valence-electron chi connectivity index (χ3n) is 5.89. The van der Waals surface area contributed by atoms with Gasteiger partial charge < -0.3 is 20.2 Å². The molecule has 1 aliphatic rings. The standard InChI is InChI=1S/C22H25N3O6S/c23-20(26)22(10-14-30-15-11-22)32(28,29)17-8-6-16(7-9-17)24-12-3-13-25-18-4-1-2-5-19(18)31-21(25)27/h1-2,4-9,24H,3,10-15H2,(H2,23,26). The van der Waals surface area contributed by atoms with Crippen molar-refractivity contribution >= 4 is 32.5 Å². The molecule has 9 nitrogen and oxygen atoms in total. The topological polar surface area (TPSA) is 134 Å². The van der Waals surface area contributed by atoms with Gasteiger partial charge in [0, 0.05) is 32.0 Å². The summed E-state index contributed by atoms with van der Waals surface area (Å²) in [4.78, 5) is 24.2. The quantitative estimate of drug-likeness (QED) is 0.492. The maximum atomic E-state index is 13.2. The monoisotopic (exact) mass is 459 g/mol. The number of hydrogen-bond acceptors (Lipinski definition) is 7. The Morgan fingerprint density at radius 3 is 2.47 bits per heavy atom. The maximum Gasteiger partial charge on any atom is 0.419 e. The highest BCUT2D eigenvalue weighted by molar-refractivity contribution is 7.93. The molecular weight excluding hydrogens is 434 g/mol. The van der Waals surface area contributed by atoms with Gasteiger partial charge in [-0.3, -0.25) is 9.36 Å². The lowest BCUT2D eigenvalue weighted by atomic mass is 9.98. The van der Waals surface area contributed by atoms with Crippen molar-refractivity contribution < 1.29 is 22.4 Å². The summed E-state index contributed by atoms with van der Waals surface area (Å²) in [6.45, 7) is 1.41. The van der Waals surface area contributed by atoms with Crippen LogP contribution in [-0.2, 0) is 25.9 Å². The zero-order valence-corrected chi connectivity index (χ0v) is 18.3. The van der Waals surface area contributed by atoms with E-state index in [9.17, 15) is 18.0 Å². The number of para-hydroxylation sites is 2. The van der Waals surface area contributed by atoms with E-state index in [0.717, 1.165) is 11.2 Å². The van der Waals surface area contributed by atoms with Crippen LogP contribution in [0.1, 0.15) is 19.3 Å². The minimum Gasteiger partial charge on any atom is -0.408 e. The molecule has 0 unspecified atom stereocenters. The summed E-state index contributed by atoms with van der Waals surface area (Å²) in [6.07, 6.45) is 0.758. The summed E-state index contributed by atoms with van der Waals surface area (Å²) in [5.74, 6) is -1.23. The average molecular weight is 460 g/mol. The number of aryl methyl sites for hydroxylation is 1. The molecule has 0 spiro atoms. The first-order chi connectivity index (χ1) is 15.3. The summed E-state index contributed by atoms with van der Waals surface area (Å²) < 4.78 is 36.8. The highest BCUT2D eigenvalue weighted by atomic mass is 32.2. The third-order valence-corrected chi connectivity index (χ3v) is 8.42. The number of anilines is 1. The molecule has 1 saturated heterocycles. The van der Waals surface area contributed by atoms with E-state index < -0.39 is 26.2 Å². The van der Waals surface area contributed by atoms with Crippen molar-refractivity contribution in [1.29, 1.82) is 0 Å². The molecule has 170 valence electrons. The van der Waals surface area contributed by atoms with Crippen molar-refractivity contribution in [2.75, 3.05) is 25.1 Å². The zero-order valence-electron chi connectivity index (χ0n) is 17.5. The fourth-order valence-corrected chi connectivity index (χ4v) is 5.94. The van der Waals surface area contributed by atoms with Crippen LogP contribution in [0, 0.1) is 0 Å². The van der Waals surface area contributed by atoms with Crippen molar-refractivity contribution in [1.82, 2.24) is 4.57 Å². The Balaban J connectivity index is 1.40. The Kier molecular flexibility index (Phi) is 6.07. The van der Waals surface area contributed by atoms with Crippen molar-refractivity contribution in [3.05, 3.63) is 59.1 Å². The van der Waals surface area contributed by atoms with Gasteiger partial charge in [0.25, 0.3) is 0 Å². The fourth-order valence-electron chi connectivity index (χ4n) is 4.02. The zero-order chi connectivity index (χ0) is 22.8. The molecule has 3 aromatic rings. The fraction of sp³-hybridized carbons (Fsp3) is 0.364. The second-order valence-corrected chi connectivity index (χ2v) is 10.0. The summed E-state index contributed by atoms with van der Waals surface area (Å²) in [7, 11) is -3.95. The lowest BCUT2D eigenvalue weighted by Gasteiger charge is -2.33. The van der Waals surface area contributed by atoms with Crippen LogP contribution >= 0.6 is 0 Å². The number of hydrogen-bond donors (Lipinski definition) is 2. The number of aromatic nitrogens is 1. The van der Waals surface area contributed by atoms with Gasteiger partial charge in [0.1, 0.15) is 0 Å². The first-order valence-electron chi connectivity index (χ1n) is 10.4. The predicted molar refractivity (Wildman–Crippen MR) is 119 cm³/mol. The number of nitrogens with zero attached hydrogens (tertiary/aromatic N) is 1. The summed E-state index contributed by atoms with van der Waals surface area (Å²) in [5, 5.41) is 3.21. The highest BCUT2D eigenvalue weighted by Gasteiger charge is 2.51. The van der Waals surface area contributed by atoms with Crippen LogP contribution in [0.4, 0.5) is 5.69 Å². The number of nitrogens with one attached hydrogen (secondary N) is 1. The molecule has 10 heteroatoms. The Labute approximate surface area is 185 Å². The molecule has 4 rings (SSSR count). The van der Waals surface area contributed by atoms with Crippen LogP contribution < -0.4 is 16.8 Å². The van der Waals surface area contributed by atoms with Crippen molar-refractivity contribution in [3.8, 4) is 0 Å². The number of rotatable bonds is 8. The third kappa shape index (κ3) is 3.91. The van der Waals surface area contributed by atoms with E-state index in [4.69, 9.17) is 14.9 Å². The Bertz CT molecular complexity index is 1270. The Hall–Kier alpha value is -3.11. The number of sulfone groups is 1. The molecule has 0 radical (unpaired) electrons. The Morgan fingerprint density at radius 1 is 1.09 bits per heavy atom. The smallest absolute Gasteiger partial charge is 0.408 e. The van der Waals surface area contributed by atoms with Gasteiger partial charge in [0.15, 0.2) is 20.2 Å². The van der Waals surface area contributed by atoms with Gasteiger partial charge in [-0.15, -0.1) is 0 Å². The molecule has 0 bridgehead atoms. The molecule has 32 heavy (non-hydrogen) atoms. The minimum atomic E-state index is -3.95. The SMILES string of the molecule is NC(=O)C1(S(=O)(=O)c2ccc(NCCCn3c(=O)oc4ccccc43)cc2)CCOCC1. The molecule has 0 atom stereocenters. The largest absolute Gasteiger partial charge is 0.419 e.